The molecule has 3 rings (SSSR count). The van der Waals surface area contributed by atoms with Crippen molar-refractivity contribution in [2.75, 3.05) is 19.1 Å². The van der Waals surface area contributed by atoms with Gasteiger partial charge in [0.15, 0.2) is 11.2 Å². The van der Waals surface area contributed by atoms with E-state index in [-0.39, 0.29) is 11.2 Å². The van der Waals surface area contributed by atoms with E-state index in [1.165, 1.54) is 11.6 Å². The lowest BCUT2D eigenvalue weighted by molar-refractivity contribution is 0.188. The normalized spacial score (nSPS) is 11.5. The topological polar surface area (TPSA) is 106 Å². The number of hydrazone groups is 1. The van der Waals surface area contributed by atoms with E-state index in [0.29, 0.717) is 24.1 Å². The van der Waals surface area contributed by atoms with Gasteiger partial charge in [-0.2, -0.15) is 10.1 Å². The van der Waals surface area contributed by atoms with Gasteiger partial charge >= 0.3 is 5.69 Å². The summed E-state index contributed by atoms with van der Waals surface area (Å²) in [4.78, 5) is 30.6. The molecule has 0 amide bonds. The monoisotopic (exact) mass is 376 g/mol. The number of nitrogens with one attached hydrogen (secondary N) is 2. The molecule has 0 fully saturated rings. The molecular weight excluding hydrogens is 360 g/mol. The highest BCUT2D eigenvalue weighted by molar-refractivity contribution is 6.30. The van der Waals surface area contributed by atoms with Crippen molar-refractivity contribution in [3.8, 4) is 0 Å². The van der Waals surface area contributed by atoms with E-state index in [1.54, 1.807) is 30.0 Å². The minimum Gasteiger partial charge on any atom is -0.383 e. The predicted molar refractivity (Wildman–Crippen MR) is 100 cm³/mol. The maximum absolute atomic E-state index is 12.2. The van der Waals surface area contributed by atoms with Crippen LogP contribution in [0.3, 0.4) is 0 Å². The molecule has 0 saturated heterocycles. The van der Waals surface area contributed by atoms with Crippen LogP contribution in [0.1, 0.15) is 5.56 Å². The molecule has 0 saturated carbocycles. The number of ether oxygens (including phenoxy) is 1. The number of methoxy groups -OCH3 is 1. The molecule has 2 N–H and O–H groups in total. The second-order valence-electron chi connectivity index (χ2n) is 5.49. The lowest BCUT2D eigenvalue weighted by atomic mass is 10.2. The standard InChI is InChI=1S/C16H17ClN6O3/c1-22-13-12(14(24)20-16(22)25)23(7-8-26-2)15(19-13)21-18-9-10-3-5-11(17)6-4-10/h3-6,9H,7-8H2,1-2H3,(H,19,21)(H,20,24,25)/b18-9+. The van der Waals surface area contributed by atoms with E-state index in [9.17, 15) is 9.59 Å². The van der Waals surface area contributed by atoms with Crippen LogP contribution in [0.15, 0.2) is 39.0 Å². The third kappa shape index (κ3) is 3.53. The van der Waals surface area contributed by atoms with Crippen molar-refractivity contribution in [2.45, 2.75) is 6.54 Å². The number of aromatic nitrogens is 4. The van der Waals surface area contributed by atoms with Gasteiger partial charge in [-0.05, 0) is 17.7 Å². The van der Waals surface area contributed by atoms with E-state index in [0.717, 1.165) is 5.56 Å². The van der Waals surface area contributed by atoms with Crippen LogP contribution in [0.4, 0.5) is 5.95 Å². The highest BCUT2D eigenvalue weighted by Crippen LogP contribution is 2.15. The average molecular weight is 377 g/mol. The highest BCUT2D eigenvalue weighted by Gasteiger charge is 2.16. The molecule has 2 aromatic heterocycles. The lowest BCUT2D eigenvalue weighted by Gasteiger charge is -2.07. The van der Waals surface area contributed by atoms with Crippen LogP contribution in [-0.2, 0) is 18.3 Å². The number of halogens is 1. The minimum atomic E-state index is -0.532. The van der Waals surface area contributed by atoms with Crippen LogP contribution in [0.2, 0.25) is 5.02 Å². The Labute approximate surface area is 152 Å². The van der Waals surface area contributed by atoms with Gasteiger partial charge in [-0.3, -0.25) is 14.3 Å². The molecule has 1 aromatic carbocycles. The van der Waals surface area contributed by atoms with E-state index in [1.807, 2.05) is 12.1 Å². The third-order valence-corrected chi connectivity index (χ3v) is 4.03. The molecule has 0 aliphatic heterocycles. The number of benzene rings is 1. The van der Waals surface area contributed by atoms with Crippen LogP contribution >= 0.6 is 11.6 Å². The third-order valence-electron chi connectivity index (χ3n) is 3.77. The van der Waals surface area contributed by atoms with Gasteiger partial charge in [0, 0.05) is 25.7 Å². The fourth-order valence-electron chi connectivity index (χ4n) is 2.43. The molecule has 0 aliphatic rings. The van der Waals surface area contributed by atoms with Gasteiger partial charge in [0.2, 0.25) is 5.95 Å². The molecule has 0 atom stereocenters. The summed E-state index contributed by atoms with van der Waals surface area (Å²) in [6, 6.07) is 7.14. The Balaban J connectivity index is 1.99. The second-order valence-corrected chi connectivity index (χ2v) is 5.93. The molecule has 0 radical (unpaired) electrons. The van der Waals surface area contributed by atoms with Crippen molar-refractivity contribution in [1.82, 2.24) is 19.1 Å². The maximum Gasteiger partial charge on any atom is 0.329 e. The molecule has 26 heavy (non-hydrogen) atoms. The van der Waals surface area contributed by atoms with E-state index in [4.69, 9.17) is 16.3 Å². The van der Waals surface area contributed by atoms with Crippen molar-refractivity contribution in [3.63, 3.8) is 0 Å². The first-order valence-electron chi connectivity index (χ1n) is 7.74. The first kappa shape index (κ1) is 17.9. The number of hydrogen-bond acceptors (Lipinski definition) is 6. The van der Waals surface area contributed by atoms with E-state index in [2.05, 4.69) is 20.5 Å². The van der Waals surface area contributed by atoms with Gasteiger partial charge in [0.25, 0.3) is 5.56 Å². The van der Waals surface area contributed by atoms with Crippen molar-refractivity contribution in [2.24, 2.45) is 12.1 Å². The summed E-state index contributed by atoms with van der Waals surface area (Å²) in [6.07, 6.45) is 1.60. The van der Waals surface area contributed by atoms with Crippen LogP contribution in [0.25, 0.3) is 11.2 Å². The maximum atomic E-state index is 12.2. The quantitative estimate of drug-likeness (QED) is 0.496. The molecule has 0 unspecified atom stereocenters. The Hall–Kier alpha value is -2.91. The number of nitrogens with zero attached hydrogens (tertiary/aromatic N) is 4. The molecule has 9 nitrogen and oxygen atoms in total. The summed E-state index contributed by atoms with van der Waals surface area (Å²) in [7, 11) is 3.10. The summed E-state index contributed by atoms with van der Waals surface area (Å²) in [6.45, 7) is 0.733. The molecule has 10 heteroatoms. The SMILES string of the molecule is COCCn1c(N/N=C/c2ccc(Cl)cc2)nc2c1c(=O)[nH]c(=O)n2C. The van der Waals surface area contributed by atoms with Crippen molar-refractivity contribution in [3.05, 3.63) is 55.7 Å². The number of hydrogen-bond donors (Lipinski definition) is 2. The van der Waals surface area contributed by atoms with Gasteiger partial charge in [-0.25, -0.2) is 10.2 Å². The fourth-order valence-corrected chi connectivity index (χ4v) is 2.56. The van der Waals surface area contributed by atoms with Crippen LogP contribution < -0.4 is 16.7 Å². The molecule has 3 aromatic rings. The summed E-state index contributed by atoms with van der Waals surface area (Å²) >= 11 is 5.85. The van der Waals surface area contributed by atoms with Crippen molar-refractivity contribution >= 4 is 34.9 Å². The Morgan fingerprint density at radius 2 is 2.08 bits per heavy atom. The summed E-state index contributed by atoms with van der Waals surface area (Å²) in [5.41, 5.74) is 3.14. The van der Waals surface area contributed by atoms with Gasteiger partial charge < -0.3 is 9.30 Å². The number of aryl methyl sites for hydroxylation is 1. The lowest BCUT2D eigenvalue weighted by Crippen LogP contribution is -2.29. The summed E-state index contributed by atoms with van der Waals surface area (Å²) in [5.74, 6) is 0.328. The zero-order valence-electron chi connectivity index (χ0n) is 14.2. The zero-order valence-corrected chi connectivity index (χ0v) is 14.9. The molecule has 0 bridgehead atoms. The van der Waals surface area contributed by atoms with Gasteiger partial charge in [-0.1, -0.05) is 23.7 Å². The predicted octanol–water partition coefficient (Wildman–Crippen LogP) is 1.17. The summed E-state index contributed by atoms with van der Waals surface area (Å²) < 4.78 is 7.98. The Morgan fingerprint density at radius 1 is 1.35 bits per heavy atom. The number of imidazole rings is 1. The number of rotatable bonds is 6. The van der Waals surface area contributed by atoms with Gasteiger partial charge in [-0.15, -0.1) is 0 Å². The second kappa shape index (κ2) is 7.54. The van der Waals surface area contributed by atoms with Gasteiger partial charge in [0.1, 0.15) is 0 Å². The average Bonchev–Trinajstić information content (AvgIpc) is 2.99. The number of H-pyrrole nitrogens is 1. The molecule has 2 heterocycles. The minimum absolute atomic E-state index is 0.263. The molecule has 0 spiro atoms. The van der Waals surface area contributed by atoms with E-state index >= 15 is 0 Å². The number of fused-ring (bicyclic) bond motifs is 1. The Bertz CT molecular complexity index is 1060. The van der Waals surface area contributed by atoms with Crippen molar-refractivity contribution in [1.29, 1.82) is 0 Å². The molecular formula is C16H17ClN6O3. The Kier molecular flexibility index (Phi) is 5.19. The van der Waals surface area contributed by atoms with Crippen LogP contribution in [0, 0.1) is 0 Å². The van der Waals surface area contributed by atoms with Gasteiger partial charge in [0.05, 0.1) is 12.8 Å². The first-order chi connectivity index (χ1) is 12.5. The fraction of sp³-hybridized carbons (Fsp3) is 0.250. The summed E-state index contributed by atoms with van der Waals surface area (Å²) in [5, 5.41) is 4.78. The largest absolute Gasteiger partial charge is 0.383 e. The zero-order chi connectivity index (χ0) is 18.7. The highest BCUT2D eigenvalue weighted by atomic mass is 35.5. The molecule has 136 valence electrons. The van der Waals surface area contributed by atoms with Crippen molar-refractivity contribution < 1.29 is 4.74 Å². The smallest absolute Gasteiger partial charge is 0.329 e. The number of aromatic amines is 1. The van der Waals surface area contributed by atoms with Crippen LogP contribution in [-0.4, -0.2) is 39.0 Å². The van der Waals surface area contributed by atoms with Crippen LogP contribution in [0.5, 0.6) is 0 Å². The molecule has 0 aliphatic carbocycles. The van der Waals surface area contributed by atoms with E-state index < -0.39 is 11.2 Å². The number of anilines is 1. The first-order valence-corrected chi connectivity index (χ1v) is 8.12. The Morgan fingerprint density at radius 3 is 2.77 bits per heavy atom.